The lowest BCUT2D eigenvalue weighted by atomic mass is 10.1. The number of aryl methyl sites for hydroxylation is 1. The summed E-state index contributed by atoms with van der Waals surface area (Å²) in [5.74, 6) is 1.27. The van der Waals surface area contributed by atoms with E-state index in [-0.39, 0.29) is 17.7 Å². The van der Waals surface area contributed by atoms with Crippen molar-refractivity contribution in [3.8, 4) is 0 Å². The van der Waals surface area contributed by atoms with Gasteiger partial charge >= 0.3 is 0 Å². The lowest BCUT2D eigenvalue weighted by molar-refractivity contribution is -0.135. The van der Waals surface area contributed by atoms with Crippen molar-refractivity contribution in [3.63, 3.8) is 0 Å². The van der Waals surface area contributed by atoms with Crippen LogP contribution in [0.4, 0.5) is 0 Å². The zero-order valence-electron chi connectivity index (χ0n) is 15.9. The summed E-state index contributed by atoms with van der Waals surface area (Å²) in [6.45, 7) is 8.60. The number of aromatic nitrogens is 2. The number of nitrogens with zero attached hydrogens (tertiary/aromatic N) is 3. The molecule has 140 valence electrons. The minimum atomic E-state index is 0.00592. The van der Waals surface area contributed by atoms with Gasteiger partial charge in [-0.3, -0.25) is 9.59 Å². The highest BCUT2D eigenvalue weighted by Gasteiger charge is 2.23. The van der Waals surface area contributed by atoms with Crippen LogP contribution in [-0.2, 0) is 22.4 Å². The number of aromatic amines is 1. The third-order valence-electron chi connectivity index (χ3n) is 4.94. The standard InChI is InChI=1S/C20H28N4O2/c1-4-18-21-16-7-6-15(12-17(16)22-18)13-19(25)23-8-5-9-24(11-10-23)20(26)14(2)3/h6-7,12,14H,4-5,8-11,13H2,1-3H3,(H,21,22). The number of H-pyrrole nitrogens is 1. The minimum Gasteiger partial charge on any atom is -0.342 e. The molecule has 1 saturated heterocycles. The zero-order chi connectivity index (χ0) is 18.7. The van der Waals surface area contributed by atoms with E-state index in [1.54, 1.807) is 0 Å². The highest BCUT2D eigenvalue weighted by Crippen LogP contribution is 2.16. The molecule has 2 amide bonds. The summed E-state index contributed by atoms with van der Waals surface area (Å²) in [6, 6.07) is 5.97. The number of amides is 2. The molecule has 1 aliphatic rings. The van der Waals surface area contributed by atoms with Crippen molar-refractivity contribution in [1.29, 1.82) is 0 Å². The minimum absolute atomic E-state index is 0.00592. The Bertz CT molecular complexity index is 796. The molecule has 0 unspecified atom stereocenters. The van der Waals surface area contributed by atoms with E-state index in [9.17, 15) is 9.59 Å². The molecule has 0 saturated carbocycles. The predicted octanol–water partition coefficient (Wildman–Crippen LogP) is 2.38. The smallest absolute Gasteiger partial charge is 0.227 e. The first kappa shape index (κ1) is 18.4. The Labute approximate surface area is 154 Å². The second-order valence-corrected chi connectivity index (χ2v) is 7.28. The number of fused-ring (bicyclic) bond motifs is 1. The summed E-state index contributed by atoms with van der Waals surface area (Å²) in [4.78, 5) is 36.5. The molecule has 0 spiro atoms. The highest BCUT2D eigenvalue weighted by molar-refractivity contribution is 5.82. The lowest BCUT2D eigenvalue weighted by Crippen LogP contribution is -2.39. The van der Waals surface area contributed by atoms with E-state index in [1.807, 2.05) is 41.8 Å². The first-order chi connectivity index (χ1) is 12.5. The number of hydrogen-bond donors (Lipinski definition) is 1. The molecule has 1 aromatic heterocycles. The Balaban J connectivity index is 1.63. The second-order valence-electron chi connectivity index (χ2n) is 7.28. The maximum absolute atomic E-state index is 12.7. The monoisotopic (exact) mass is 356 g/mol. The van der Waals surface area contributed by atoms with E-state index in [2.05, 4.69) is 16.9 Å². The number of hydrogen-bond acceptors (Lipinski definition) is 3. The number of benzene rings is 1. The van der Waals surface area contributed by atoms with Gasteiger partial charge in [0.25, 0.3) is 0 Å². The van der Waals surface area contributed by atoms with Gasteiger partial charge in [-0.2, -0.15) is 0 Å². The fraction of sp³-hybridized carbons (Fsp3) is 0.550. The van der Waals surface area contributed by atoms with Crippen LogP contribution in [0.5, 0.6) is 0 Å². The number of carbonyl (C=O) groups excluding carboxylic acids is 2. The van der Waals surface area contributed by atoms with Gasteiger partial charge in [0.1, 0.15) is 5.82 Å². The molecule has 2 aromatic rings. The second kappa shape index (κ2) is 7.89. The van der Waals surface area contributed by atoms with Crippen LogP contribution in [0.25, 0.3) is 11.0 Å². The maximum atomic E-state index is 12.7. The molecule has 6 heteroatoms. The van der Waals surface area contributed by atoms with Crippen LogP contribution in [0.15, 0.2) is 18.2 Å². The van der Waals surface area contributed by atoms with Crippen molar-refractivity contribution in [2.24, 2.45) is 5.92 Å². The number of imidazole rings is 1. The van der Waals surface area contributed by atoms with Crippen LogP contribution in [0, 0.1) is 5.92 Å². The third kappa shape index (κ3) is 4.06. The first-order valence-corrected chi connectivity index (χ1v) is 9.52. The largest absolute Gasteiger partial charge is 0.342 e. The average molecular weight is 356 g/mol. The lowest BCUT2D eigenvalue weighted by Gasteiger charge is -2.23. The molecule has 1 aliphatic heterocycles. The molecule has 6 nitrogen and oxygen atoms in total. The Morgan fingerprint density at radius 1 is 1.15 bits per heavy atom. The van der Waals surface area contributed by atoms with Crippen LogP contribution < -0.4 is 0 Å². The summed E-state index contributed by atoms with van der Waals surface area (Å²) in [5.41, 5.74) is 2.92. The third-order valence-corrected chi connectivity index (χ3v) is 4.94. The van der Waals surface area contributed by atoms with Crippen molar-refractivity contribution in [2.45, 2.75) is 40.0 Å². The topological polar surface area (TPSA) is 69.3 Å². The molecule has 0 atom stereocenters. The quantitative estimate of drug-likeness (QED) is 0.914. The zero-order valence-corrected chi connectivity index (χ0v) is 15.9. The van der Waals surface area contributed by atoms with Crippen molar-refractivity contribution in [1.82, 2.24) is 19.8 Å². The van der Waals surface area contributed by atoms with Crippen LogP contribution in [0.1, 0.15) is 38.6 Å². The molecule has 0 bridgehead atoms. The Kier molecular flexibility index (Phi) is 5.59. The Morgan fingerprint density at radius 2 is 1.88 bits per heavy atom. The fourth-order valence-corrected chi connectivity index (χ4v) is 3.43. The van der Waals surface area contributed by atoms with Crippen LogP contribution in [0.2, 0.25) is 0 Å². The van der Waals surface area contributed by atoms with E-state index in [0.717, 1.165) is 41.8 Å². The van der Waals surface area contributed by atoms with Gasteiger partial charge in [-0.05, 0) is 24.1 Å². The SMILES string of the molecule is CCc1nc2ccc(CC(=O)N3CCCN(C(=O)C(C)C)CC3)cc2[nH]1. The summed E-state index contributed by atoms with van der Waals surface area (Å²) in [6.07, 6.45) is 2.08. The molecule has 3 rings (SSSR count). The van der Waals surface area contributed by atoms with Crippen molar-refractivity contribution >= 4 is 22.8 Å². The van der Waals surface area contributed by atoms with Gasteiger partial charge in [0.2, 0.25) is 11.8 Å². The van der Waals surface area contributed by atoms with E-state index in [1.165, 1.54) is 0 Å². The molecule has 1 N–H and O–H groups in total. The summed E-state index contributed by atoms with van der Waals surface area (Å²) in [5, 5.41) is 0. The van der Waals surface area contributed by atoms with E-state index < -0.39 is 0 Å². The highest BCUT2D eigenvalue weighted by atomic mass is 16.2. The van der Waals surface area contributed by atoms with E-state index in [4.69, 9.17) is 0 Å². The van der Waals surface area contributed by atoms with E-state index >= 15 is 0 Å². The number of nitrogens with one attached hydrogen (secondary N) is 1. The van der Waals surface area contributed by atoms with Gasteiger partial charge < -0.3 is 14.8 Å². The van der Waals surface area contributed by atoms with Crippen LogP contribution in [0.3, 0.4) is 0 Å². The summed E-state index contributed by atoms with van der Waals surface area (Å²) >= 11 is 0. The van der Waals surface area contributed by atoms with Crippen LogP contribution >= 0.6 is 0 Å². The van der Waals surface area contributed by atoms with Crippen molar-refractivity contribution in [2.75, 3.05) is 26.2 Å². The van der Waals surface area contributed by atoms with Gasteiger partial charge in [0.15, 0.2) is 0 Å². The molecule has 0 radical (unpaired) electrons. The van der Waals surface area contributed by atoms with Crippen LogP contribution in [-0.4, -0.2) is 57.8 Å². The number of rotatable bonds is 4. The Hall–Kier alpha value is -2.37. The molecule has 0 aliphatic carbocycles. The maximum Gasteiger partial charge on any atom is 0.227 e. The molecule has 2 heterocycles. The number of carbonyl (C=O) groups is 2. The van der Waals surface area contributed by atoms with E-state index in [0.29, 0.717) is 26.1 Å². The van der Waals surface area contributed by atoms with Gasteiger partial charge in [-0.15, -0.1) is 0 Å². The molecule has 26 heavy (non-hydrogen) atoms. The Morgan fingerprint density at radius 3 is 2.62 bits per heavy atom. The molecule has 1 aromatic carbocycles. The van der Waals surface area contributed by atoms with Gasteiger partial charge in [0.05, 0.1) is 17.5 Å². The predicted molar refractivity (Wildman–Crippen MR) is 102 cm³/mol. The first-order valence-electron chi connectivity index (χ1n) is 9.52. The fourth-order valence-electron chi connectivity index (χ4n) is 3.43. The van der Waals surface area contributed by atoms with Gasteiger partial charge in [0, 0.05) is 38.5 Å². The summed E-state index contributed by atoms with van der Waals surface area (Å²) in [7, 11) is 0. The van der Waals surface area contributed by atoms with Crippen molar-refractivity contribution in [3.05, 3.63) is 29.6 Å². The molecular formula is C20H28N4O2. The van der Waals surface area contributed by atoms with Crippen molar-refractivity contribution < 1.29 is 9.59 Å². The van der Waals surface area contributed by atoms with Gasteiger partial charge in [-0.25, -0.2) is 4.98 Å². The molecular weight excluding hydrogens is 328 g/mol. The summed E-state index contributed by atoms with van der Waals surface area (Å²) < 4.78 is 0. The normalized spacial score (nSPS) is 15.5. The molecule has 1 fully saturated rings. The average Bonchev–Trinajstić information content (AvgIpc) is 2.87. The van der Waals surface area contributed by atoms with Gasteiger partial charge in [-0.1, -0.05) is 26.8 Å².